The van der Waals surface area contributed by atoms with Crippen LogP contribution >= 0.6 is 24.0 Å². The van der Waals surface area contributed by atoms with Crippen molar-refractivity contribution in [2.45, 2.75) is 47.1 Å². The van der Waals surface area contributed by atoms with E-state index in [9.17, 15) is 0 Å². The number of aryl methyl sites for hydroxylation is 2. The van der Waals surface area contributed by atoms with Crippen LogP contribution < -0.4 is 5.73 Å². The monoisotopic (exact) mass is 393 g/mol. The molecule has 0 aliphatic heterocycles. The molecule has 0 unspecified atom stereocenters. The zero-order chi connectivity index (χ0) is 14.4. The first-order valence-corrected chi connectivity index (χ1v) is 7.17. The van der Waals surface area contributed by atoms with Crippen molar-refractivity contribution >= 4 is 29.9 Å². The lowest BCUT2D eigenvalue weighted by Gasteiger charge is -2.19. The minimum absolute atomic E-state index is 0. The topological polar surface area (TPSA) is 59.4 Å². The van der Waals surface area contributed by atoms with Crippen LogP contribution in [0.5, 0.6) is 0 Å². The number of aliphatic imine (C=N–C) groups is 1. The Morgan fingerprint density at radius 2 is 1.80 bits per heavy atom. The smallest absolute Gasteiger partial charge is 0.191 e. The van der Waals surface area contributed by atoms with Crippen molar-refractivity contribution in [2.75, 3.05) is 13.1 Å². The standard InChI is InChI=1S/C14H27N5.HI/c1-6-12-11(13(7-2)18(5)17-12)10-16-14(15)19(8-3)9-4;/h6-10H2,1-5H3,(H2,15,16);1H. The van der Waals surface area contributed by atoms with Gasteiger partial charge < -0.3 is 10.6 Å². The first-order chi connectivity index (χ1) is 9.08. The molecule has 0 spiro atoms. The van der Waals surface area contributed by atoms with Gasteiger partial charge in [-0.05, 0) is 26.7 Å². The summed E-state index contributed by atoms with van der Waals surface area (Å²) in [4.78, 5) is 6.60. The summed E-state index contributed by atoms with van der Waals surface area (Å²) < 4.78 is 1.97. The SMILES string of the molecule is CCc1nn(C)c(CC)c1CN=C(N)N(CC)CC.I. The molecule has 116 valence electrons. The molecule has 0 aromatic carbocycles. The molecule has 0 aliphatic carbocycles. The molecule has 1 heterocycles. The Morgan fingerprint density at radius 1 is 1.20 bits per heavy atom. The number of nitrogens with two attached hydrogens (primary N) is 1. The second-order valence-corrected chi connectivity index (χ2v) is 4.55. The van der Waals surface area contributed by atoms with Crippen molar-refractivity contribution < 1.29 is 0 Å². The molecule has 1 aromatic heterocycles. The highest BCUT2D eigenvalue weighted by atomic mass is 127. The van der Waals surface area contributed by atoms with Crippen LogP contribution in [0.25, 0.3) is 0 Å². The van der Waals surface area contributed by atoms with Gasteiger partial charge in [-0.2, -0.15) is 5.10 Å². The molecule has 2 N–H and O–H groups in total. The molecule has 6 heteroatoms. The fourth-order valence-corrected chi connectivity index (χ4v) is 2.38. The van der Waals surface area contributed by atoms with Gasteiger partial charge in [-0.1, -0.05) is 13.8 Å². The third-order valence-electron chi connectivity index (χ3n) is 3.51. The minimum Gasteiger partial charge on any atom is -0.370 e. The Kier molecular flexibility index (Phi) is 8.84. The van der Waals surface area contributed by atoms with Crippen LogP contribution in [0.15, 0.2) is 4.99 Å². The van der Waals surface area contributed by atoms with Crippen molar-refractivity contribution in [3.05, 3.63) is 17.0 Å². The fourth-order valence-electron chi connectivity index (χ4n) is 2.38. The van der Waals surface area contributed by atoms with Crippen molar-refractivity contribution in [3.8, 4) is 0 Å². The summed E-state index contributed by atoms with van der Waals surface area (Å²) in [6, 6.07) is 0. The summed E-state index contributed by atoms with van der Waals surface area (Å²) >= 11 is 0. The van der Waals surface area contributed by atoms with Gasteiger partial charge in [-0.25, -0.2) is 4.99 Å². The van der Waals surface area contributed by atoms with Crippen LogP contribution in [0.1, 0.15) is 44.6 Å². The average molecular weight is 393 g/mol. The van der Waals surface area contributed by atoms with Crippen molar-refractivity contribution in [2.24, 2.45) is 17.8 Å². The summed E-state index contributed by atoms with van der Waals surface area (Å²) in [7, 11) is 2.00. The Balaban J connectivity index is 0.00000361. The molecule has 0 fully saturated rings. The number of hydrogen-bond donors (Lipinski definition) is 1. The van der Waals surface area contributed by atoms with Gasteiger partial charge in [-0.15, -0.1) is 24.0 Å². The quantitative estimate of drug-likeness (QED) is 0.459. The second-order valence-electron chi connectivity index (χ2n) is 4.55. The Morgan fingerprint density at radius 3 is 2.25 bits per heavy atom. The van der Waals surface area contributed by atoms with Gasteiger partial charge in [0.25, 0.3) is 0 Å². The number of aromatic nitrogens is 2. The maximum atomic E-state index is 6.03. The Bertz CT molecular complexity index is 435. The third-order valence-corrected chi connectivity index (χ3v) is 3.51. The lowest BCUT2D eigenvalue weighted by molar-refractivity contribution is 0.458. The summed E-state index contributed by atoms with van der Waals surface area (Å²) in [6.07, 6.45) is 1.91. The van der Waals surface area contributed by atoms with E-state index < -0.39 is 0 Å². The van der Waals surface area contributed by atoms with Crippen LogP contribution in [0.4, 0.5) is 0 Å². The zero-order valence-electron chi connectivity index (χ0n) is 13.3. The van der Waals surface area contributed by atoms with Crippen LogP contribution in [-0.4, -0.2) is 33.7 Å². The van der Waals surface area contributed by atoms with Gasteiger partial charge in [0.1, 0.15) is 0 Å². The van der Waals surface area contributed by atoms with Crippen molar-refractivity contribution in [1.29, 1.82) is 0 Å². The van der Waals surface area contributed by atoms with Gasteiger partial charge in [-0.3, -0.25) is 4.68 Å². The largest absolute Gasteiger partial charge is 0.370 e. The molecule has 0 amide bonds. The summed E-state index contributed by atoms with van der Waals surface area (Å²) in [5.74, 6) is 0.623. The molecule has 0 aliphatic rings. The van der Waals surface area contributed by atoms with E-state index in [1.807, 2.05) is 11.7 Å². The average Bonchev–Trinajstić information content (AvgIpc) is 2.73. The Hall–Kier alpha value is -0.790. The highest BCUT2D eigenvalue weighted by Gasteiger charge is 2.13. The molecule has 0 saturated heterocycles. The highest BCUT2D eigenvalue weighted by molar-refractivity contribution is 14.0. The highest BCUT2D eigenvalue weighted by Crippen LogP contribution is 2.16. The van der Waals surface area contributed by atoms with E-state index >= 15 is 0 Å². The molecule has 5 nitrogen and oxygen atoms in total. The van der Waals surface area contributed by atoms with Crippen molar-refractivity contribution in [1.82, 2.24) is 14.7 Å². The molecule has 0 radical (unpaired) electrons. The van der Waals surface area contributed by atoms with Gasteiger partial charge in [0.05, 0.1) is 12.2 Å². The second kappa shape index (κ2) is 9.20. The van der Waals surface area contributed by atoms with Crippen LogP contribution in [0.3, 0.4) is 0 Å². The number of hydrogen-bond acceptors (Lipinski definition) is 2. The molecular weight excluding hydrogens is 365 g/mol. The normalized spacial score (nSPS) is 11.3. The van der Waals surface area contributed by atoms with E-state index in [0.717, 1.165) is 31.6 Å². The van der Waals surface area contributed by atoms with E-state index in [4.69, 9.17) is 5.73 Å². The van der Waals surface area contributed by atoms with Gasteiger partial charge >= 0.3 is 0 Å². The number of guanidine groups is 1. The van der Waals surface area contributed by atoms with E-state index in [1.54, 1.807) is 0 Å². The van der Waals surface area contributed by atoms with E-state index in [0.29, 0.717) is 12.5 Å². The number of nitrogens with zero attached hydrogens (tertiary/aromatic N) is 4. The van der Waals surface area contributed by atoms with E-state index in [2.05, 4.69) is 42.7 Å². The van der Waals surface area contributed by atoms with Crippen LogP contribution in [0.2, 0.25) is 0 Å². The number of halogens is 1. The molecule has 20 heavy (non-hydrogen) atoms. The van der Waals surface area contributed by atoms with E-state index in [1.165, 1.54) is 11.3 Å². The molecule has 0 saturated carbocycles. The lowest BCUT2D eigenvalue weighted by Crippen LogP contribution is -2.37. The predicted molar refractivity (Wildman–Crippen MR) is 95.6 cm³/mol. The zero-order valence-corrected chi connectivity index (χ0v) is 15.6. The maximum absolute atomic E-state index is 6.03. The van der Waals surface area contributed by atoms with Gasteiger partial charge in [0.15, 0.2) is 5.96 Å². The third kappa shape index (κ3) is 4.36. The van der Waals surface area contributed by atoms with Gasteiger partial charge in [0.2, 0.25) is 0 Å². The molecular formula is C14H28IN5. The fraction of sp³-hybridized carbons (Fsp3) is 0.714. The molecule has 1 rings (SSSR count). The van der Waals surface area contributed by atoms with Crippen LogP contribution in [0, 0.1) is 0 Å². The van der Waals surface area contributed by atoms with Crippen LogP contribution in [-0.2, 0) is 26.4 Å². The van der Waals surface area contributed by atoms with Gasteiger partial charge in [0, 0.05) is 31.4 Å². The van der Waals surface area contributed by atoms with E-state index in [-0.39, 0.29) is 24.0 Å². The predicted octanol–water partition coefficient (Wildman–Crippen LogP) is 2.32. The Labute approximate surface area is 139 Å². The molecule has 1 aromatic rings. The first kappa shape index (κ1) is 19.2. The molecule has 0 atom stereocenters. The summed E-state index contributed by atoms with van der Waals surface area (Å²) in [6.45, 7) is 10.9. The van der Waals surface area contributed by atoms with Crippen molar-refractivity contribution in [3.63, 3.8) is 0 Å². The first-order valence-electron chi connectivity index (χ1n) is 7.17. The maximum Gasteiger partial charge on any atom is 0.191 e. The number of rotatable bonds is 6. The molecule has 0 bridgehead atoms. The summed E-state index contributed by atoms with van der Waals surface area (Å²) in [5.41, 5.74) is 9.66. The minimum atomic E-state index is 0. The lowest BCUT2D eigenvalue weighted by atomic mass is 10.1. The summed E-state index contributed by atoms with van der Waals surface area (Å²) in [5, 5.41) is 4.56.